The Morgan fingerprint density at radius 1 is 0.938 bits per heavy atom. The molecule has 96 valence electrons. The van der Waals surface area contributed by atoms with Crippen LogP contribution in [0.1, 0.15) is 0 Å². The van der Waals surface area contributed by atoms with E-state index in [1.807, 2.05) is 0 Å². The monoisotopic (exact) mass is 258 g/mol. The molecule has 0 aromatic carbocycles. The zero-order valence-electron chi connectivity index (χ0n) is 8.12. The second kappa shape index (κ2) is 4.65. The van der Waals surface area contributed by atoms with Gasteiger partial charge in [-0.2, -0.15) is 0 Å². The van der Waals surface area contributed by atoms with Gasteiger partial charge in [0.1, 0.15) is 18.3 Å². The molecule has 9 nitrogen and oxygen atoms in total. The van der Waals surface area contributed by atoms with Crippen molar-refractivity contribution in [1.29, 1.82) is 0 Å². The van der Waals surface area contributed by atoms with Crippen molar-refractivity contribution in [3.05, 3.63) is 0 Å². The molecule has 0 heterocycles. The standard InChI is InChI=1S/C6H15N2O7P/c7-1-3(9)2(8)6(5(11)4(1)10)15-16(12,13)14/h1-6,9-11H,7-8H2,(H2,12,13,14). The van der Waals surface area contributed by atoms with Gasteiger partial charge in [0.2, 0.25) is 0 Å². The summed E-state index contributed by atoms with van der Waals surface area (Å²) in [7, 11) is -4.88. The normalized spacial score (nSPS) is 45.7. The number of nitrogens with two attached hydrogens (primary N) is 2. The van der Waals surface area contributed by atoms with E-state index in [4.69, 9.17) is 21.3 Å². The first-order valence-corrected chi connectivity index (χ1v) is 5.97. The van der Waals surface area contributed by atoms with Crippen molar-refractivity contribution in [2.45, 2.75) is 36.5 Å². The summed E-state index contributed by atoms with van der Waals surface area (Å²) >= 11 is 0. The third-order valence-electron chi connectivity index (χ3n) is 2.51. The lowest BCUT2D eigenvalue weighted by atomic mass is 9.82. The van der Waals surface area contributed by atoms with Gasteiger partial charge in [-0.05, 0) is 0 Å². The van der Waals surface area contributed by atoms with Crippen LogP contribution in [0, 0.1) is 0 Å². The Kier molecular flexibility index (Phi) is 4.06. The second-order valence-corrected chi connectivity index (χ2v) is 4.88. The third-order valence-corrected chi connectivity index (χ3v) is 3.03. The molecule has 0 aromatic heterocycles. The van der Waals surface area contributed by atoms with Crippen LogP contribution in [0.5, 0.6) is 0 Å². The Morgan fingerprint density at radius 3 is 1.88 bits per heavy atom. The van der Waals surface area contributed by atoms with E-state index in [1.54, 1.807) is 0 Å². The predicted octanol–water partition coefficient (Wildman–Crippen LogP) is -3.78. The fourth-order valence-electron chi connectivity index (χ4n) is 1.59. The molecule has 0 amide bonds. The van der Waals surface area contributed by atoms with Crippen molar-refractivity contribution in [2.24, 2.45) is 11.5 Å². The molecule has 16 heavy (non-hydrogen) atoms. The van der Waals surface area contributed by atoms with E-state index >= 15 is 0 Å². The van der Waals surface area contributed by atoms with Crippen molar-refractivity contribution in [3.8, 4) is 0 Å². The average molecular weight is 258 g/mol. The molecule has 1 aliphatic rings. The summed E-state index contributed by atoms with van der Waals surface area (Å²) < 4.78 is 14.8. The number of phosphoric acid groups is 1. The van der Waals surface area contributed by atoms with Gasteiger partial charge in [0.05, 0.1) is 18.2 Å². The van der Waals surface area contributed by atoms with Crippen molar-refractivity contribution in [3.63, 3.8) is 0 Å². The first-order valence-electron chi connectivity index (χ1n) is 4.44. The van der Waals surface area contributed by atoms with Gasteiger partial charge in [-0.1, -0.05) is 0 Å². The highest BCUT2D eigenvalue weighted by Crippen LogP contribution is 2.40. The zero-order chi connectivity index (χ0) is 12.7. The Morgan fingerprint density at radius 2 is 1.44 bits per heavy atom. The van der Waals surface area contributed by atoms with Gasteiger partial charge >= 0.3 is 7.82 Å². The summed E-state index contributed by atoms with van der Waals surface area (Å²) in [5.74, 6) is 0. The highest BCUT2D eigenvalue weighted by Gasteiger charge is 2.49. The van der Waals surface area contributed by atoms with Gasteiger partial charge in [0.25, 0.3) is 0 Å². The summed E-state index contributed by atoms with van der Waals surface area (Å²) in [6.07, 6.45) is -6.28. The smallest absolute Gasteiger partial charge is 0.390 e. The van der Waals surface area contributed by atoms with E-state index in [9.17, 15) is 19.9 Å². The summed E-state index contributed by atoms with van der Waals surface area (Å²) in [5, 5.41) is 28.3. The maximum atomic E-state index is 10.6. The van der Waals surface area contributed by atoms with Crippen LogP contribution in [0.25, 0.3) is 0 Å². The summed E-state index contributed by atoms with van der Waals surface area (Å²) in [5.41, 5.74) is 10.7. The van der Waals surface area contributed by atoms with E-state index in [-0.39, 0.29) is 0 Å². The van der Waals surface area contributed by atoms with E-state index in [2.05, 4.69) is 4.52 Å². The second-order valence-electron chi connectivity index (χ2n) is 3.69. The van der Waals surface area contributed by atoms with E-state index in [0.29, 0.717) is 0 Å². The van der Waals surface area contributed by atoms with Gasteiger partial charge in [-0.25, -0.2) is 4.57 Å². The molecule has 1 aliphatic carbocycles. The van der Waals surface area contributed by atoms with Crippen LogP contribution < -0.4 is 11.5 Å². The van der Waals surface area contributed by atoms with Crippen molar-refractivity contribution >= 4 is 7.82 Å². The number of rotatable bonds is 2. The maximum Gasteiger partial charge on any atom is 0.470 e. The van der Waals surface area contributed by atoms with Crippen molar-refractivity contribution < 1.29 is 34.2 Å². The van der Waals surface area contributed by atoms with Crippen LogP contribution in [-0.2, 0) is 9.09 Å². The Labute approximate surface area is 90.9 Å². The molecular formula is C6H15N2O7P. The number of phosphoric ester groups is 1. The summed E-state index contributed by atoms with van der Waals surface area (Å²) in [4.78, 5) is 17.1. The highest BCUT2D eigenvalue weighted by atomic mass is 31.2. The van der Waals surface area contributed by atoms with Crippen LogP contribution in [0.3, 0.4) is 0 Å². The highest BCUT2D eigenvalue weighted by molar-refractivity contribution is 7.46. The Hall–Kier alpha value is -0.0900. The lowest BCUT2D eigenvalue weighted by molar-refractivity contribution is -0.133. The first-order chi connectivity index (χ1) is 7.15. The predicted molar refractivity (Wildman–Crippen MR) is 50.9 cm³/mol. The number of hydrogen-bond acceptors (Lipinski definition) is 7. The van der Waals surface area contributed by atoms with Crippen molar-refractivity contribution in [2.75, 3.05) is 0 Å². The summed E-state index contributed by atoms with van der Waals surface area (Å²) in [6.45, 7) is 0. The van der Waals surface area contributed by atoms with Crippen LogP contribution >= 0.6 is 7.82 Å². The van der Waals surface area contributed by atoms with Gasteiger partial charge in [0.15, 0.2) is 0 Å². The lowest BCUT2D eigenvalue weighted by Gasteiger charge is -2.42. The van der Waals surface area contributed by atoms with E-state index < -0.39 is 44.3 Å². The summed E-state index contributed by atoms with van der Waals surface area (Å²) in [6, 6.07) is -2.51. The fraction of sp³-hybridized carbons (Fsp3) is 1.00. The Bertz CT molecular complexity index is 281. The number of aliphatic hydroxyl groups excluding tert-OH is 3. The molecule has 0 aliphatic heterocycles. The molecule has 0 bridgehead atoms. The van der Waals surface area contributed by atoms with Gasteiger partial charge in [0, 0.05) is 0 Å². The minimum absolute atomic E-state index is 1.21. The van der Waals surface area contributed by atoms with Crippen LogP contribution in [0.4, 0.5) is 0 Å². The molecule has 0 spiro atoms. The molecule has 9 N–H and O–H groups in total. The average Bonchev–Trinajstić information content (AvgIpc) is 2.17. The molecule has 1 fully saturated rings. The first kappa shape index (κ1) is 14.0. The molecule has 0 saturated heterocycles. The van der Waals surface area contributed by atoms with Crippen LogP contribution in [-0.4, -0.2) is 61.6 Å². The molecular weight excluding hydrogens is 243 g/mol. The van der Waals surface area contributed by atoms with Crippen LogP contribution in [0.2, 0.25) is 0 Å². The molecule has 0 aromatic rings. The molecule has 1 rings (SSSR count). The van der Waals surface area contributed by atoms with E-state index in [0.717, 1.165) is 0 Å². The SMILES string of the molecule is NC1C(O)C(N)C(OP(=O)(O)O)C(O)C1O. The van der Waals surface area contributed by atoms with Gasteiger partial charge in [-0.15, -0.1) is 0 Å². The van der Waals surface area contributed by atoms with E-state index in [1.165, 1.54) is 0 Å². The molecule has 6 atom stereocenters. The topological polar surface area (TPSA) is 179 Å². The van der Waals surface area contributed by atoms with Crippen LogP contribution in [0.15, 0.2) is 0 Å². The zero-order valence-corrected chi connectivity index (χ0v) is 9.01. The molecule has 0 radical (unpaired) electrons. The molecule has 1 saturated carbocycles. The minimum atomic E-state index is -4.88. The third kappa shape index (κ3) is 2.77. The fourth-order valence-corrected chi connectivity index (χ4v) is 2.18. The molecule has 6 unspecified atom stereocenters. The largest absolute Gasteiger partial charge is 0.470 e. The quantitative estimate of drug-likeness (QED) is 0.244. The van der Waals surface area contributed by atoms with Crippen molar-refractivity contribution in [1.82, 2.24) is 0 Å². The number of aliphatic hydroxyl groups is 3. The maximum absolute atomic E-state index is 10.6. The molecule has 10 heteroatoms. The minimum Gasteiger partial charge on any atom is -0.390 e. The van der Waals surface area contributed by atoms with Gasteiger partial charge < -0.3 is 36.6 Å². The number of hydrogen-bond donors (Lipinski definition) is 7. The Balaban J connectivity index is 2.87. The lowest BCUT2D eigenvalue weighted by Crippen LogP contribution is -2.69. The van der Waals surface area contributed by atoms with Gasteiger partial charge in [-0.3, -0.25) is 4.52 Å².